The first-order chi connectivity index (χ1) is 14.2. The van der Waals surface area contributed by atoms with Crippen LogP contribution in [0.3, 0.4) is 0 Å². The minimum atomic E-state index is -0.784. The molecule has 12 heteroatoms. The summed E-state index contributed by atoms with van der Waals surface area (Å²) in [7, 11) is 2.93. The van der Waals surface area contributed by atoms with E-state index in [-0.39, 0.29) is 16.6 Å². The predicted molar refractivity (Wildman–Crippen MR) is 111 cm³/mol. The summed E-state index contributed by atoms with van der Waals surface area (Å²) in [6.07, 6.45) is 1.64. The fraction of sp³-hybridized carbons (Fsp3) is 0.389. The van der Waals surface area contributed by atoms with E-state index < -0.39 is 17.1 Å². The number of carbonyl (C=O) groups excluding carboxylic acids is 1. The van der Waals surface area contributed by atoms with Gasteiger partial charge in [0.2, 0.25) is 16.0 Å². The second kappa shape index (κ2) is 8.63. The molecule has 3 aromatic rings. The zero-order valence-corrected chi connectivity index (χ0v) is 18.0. The van der Waals surface area contributed by atoms with Gasteiger partial charge in [0.15, 0.2) is 5.76 Å². The van der Waals surface area contributed by atoms with Gasteiger partial charge in [-0.25, -0.2) is 9.48 Å². The monoisotopic (exact) mass is 434 g/mol. The summed E-state index contributed by atoms with van der Waals surface area (Å²) in [5.74, 6) is -0.889. The minimum Gasteiger partial charge on any atom is -0.488 e. The first-order valence-corrected chi connectivity index (χ1v) is 9.73. The Morgan fingerprint density at radius 1 is 1.33 bits per heavy atom. The van der Waals surface area contributed by atoms with Crippen LogP contribution in [-0.2, 0) is 4.74 Å². The van der Waals surface area contributed by atoms with Crippen molar-refractivity contribution in [2.24, 2.45) is 0 Å². The molecular formula is C18H22N6O5S. The molecule has 0 fully saturated rings. The van der Waals surface area contributed by atoms with Crippen molar-refractivity contribution in [2.45, 2.75) is 26.4 Å². The Morgan fingerprint density at radius 3 is 2.73 bits per heavy atom. The Bertz CT molecular complexity index is 1100. The van der Waals surface area contributed by atoms with Crippen molar-refractivity contribution in [3.8, 4) is 10.9 Å². The van der Waals surface area contributed by atoms with E-state index in [2.05, 4.69) is 25.9 Å². The number of nitrogens with zero attached hydrogens (tertiary/aromatic N) is 4. The lowest BCUT2D eigenvalue weighted by Gasteiger charge is -2.24. The SMILES string of the molecule is COc1c(NCC(C)(C)OC)cc(C(=O)Nc2nnc(-n3nccc3C)s2)oc1=O. The largest absolute Gasteiger partial charge is 0.488 e. The highest BCUT2D eigenvalue weighted by atomic mass is 32.1. The molecule has 0 aliphatic carbocycles. The fourth-order valence-electron chi connectivity index (χ4n) is 2.38. The van der Waals surface area contributed by atoms with Gasteiger partial charge in [0.1, 0.15) is 0 Å². The lowest BCUT2D eigenvalue weighted by molar-refractivity contribution is 0.0343. The van der Waals surface area contributed by atoms with Gasteiger partial charge in [-0.05, 0) is 26.8 Å². The highest BCUT2D eigenvalue weighted by Gasteiger charge is 2.22. The van der Waals surface area contributed by atoms with Crippen LogP contribution in [-0.4, -0.2) is 52.3 Å². The molecule has 3 rings (SSSR count). The smallest absolute Gasteiger partial charge is 0.381 e. The molecule has 11 nitrogen and oxygen atoms in total. The van der Waals surface area contributed by atoms with E-state index in [1.54, 1.807) is 18.0 Å². The van der Waals surface area contributed by atoms with E-state index >= 15 is 0 Å². The van der Waals surface area contributed by atoms with Crippen LogP contribution < -0.4 is 21.0 Å². The molecule has 3 heterocycles. The van der Waals surface area contributed by atoms with Gasteiger partial charge >= 0.3 is 5.63 Å². The van der Waals surface area contributed by atoms with Crippen molar-refractivity contribution in [1.82, 2.24) is 20.0 Å². The Labute approximate surface area is 176 Å². The molecule has 0 aliphatic heterocycles. The zero-order chi connectivity index (χ0) is 21.9. The van der Waals surface area contributed by atoms with Gasteiger partial charge < -0.3 is 19.2 Å². The summed E-state index contributed by atoms with van der Waals surface area (Å²) < 4.78 is 17.2. The molecule has 0 bridgehead atoms. The number of methoxy groups -OCH3 is 2. The third-order valence-electron chi connectivity index (χ3n) is 4.24. The molecule has 0 saturated carbocycles. The standard InChI is InChI=1S/C18H22N6O5S/c1-10-6-7-20-24(10)17-23-22-16(30-17)21-14(25)12-8-11(13(27-4)15(26)29-12)19-9-18(2,3)28-5/h6-8,19H,9H2,1-5H3,(H,21,22,25). The van der Waals surface area contributed by atoms with Crippen LogP contribution in [0, 0.1) is 6.92 Å². The molecule has 1 amide bonds. The summed E-state index contributed by atoms with van der Waals surface area (Å²) in [4.78, 5) is 24.9. The Kier molecular flexibility index (Phi) is 6.17. The van der Waals surface area contributed by atoms with E-state index in [0.717, 1.165) is 17.0 Å². The van der Waals surface area contributed by atoms with Gasteiger partial charge in [0.05, 0.1) is 18.4 Å². The van der Waals surface area contributed by atoms with Crippen molar-refractivity contribution in [2.75, 3.05) is 31.4 Å². The summed E-state index contributed by atoms with van der Waals surface area (Å²) in [5.41, 5.74) is -0.0983. The number of carbonyl (C=O) groups is 1. The maximum absolute atomic E-state index is 12.6. The van der Waals surface area contributed by atoms with Crippen molar-refractivity contribution in [3.05, 3.63) is 40.2 Å². The number of rotatable bonds is 8. The number of aryl methyl sites for hydroxylation is 1. The number of aromatic nitrogens is 4. The molecular weight excluding hydrogens is 412 g/mol. The fourth-order valence-corrected chi connectivity index (χ4v) is 3.14. The van der Waals surface area contributed by atoms with Crippen LogP contribution in [0.15, 0.2) is 27.5 Å². The highest BCUT2D eigenvalue weighted by Crippen LogP contribution is 2.24. The van der Waals surface area contributed by atoms with Crippen LogP contribution in [0.4, 0.5) is 10.8 Å². The van der Waals surface area contributed by atoms with Gasteiger partial charge in [-0.15, -0.1) is 10.2 Å². The Hall–Kier alpha value is -3.25. The number of hydrogen-bond acceptors (Lipinski definition) is 10. The lowest BCUT2D eigenvalue weighted by atomic mass is 10.1. The molecule has 0 aromatic carbocycles. The van der Waals surface area contributed by atoms with E-state index in [1.165, 1.54) is 13.2 Å². The molecule has 160 valence electrons. The summed E-state index contributed by atoms with van der Waals surface area (Å²) in [5, 5.41) is 18.5. The van der Waals surface area contributed by atoms with Gasteiger partial charge in [0.25, 0.3) is 5.91 Å². The molecule has 2 N–H and O–H groups in total. The molecule has 3 aromatic heterocycles. The molecule has 0 saturated heterocycles. The first-order valence-electron chi connectivity index (χ1n) is 8.91. The summed E-state index contributed by atoms with van der Waals surface area (Å²) >= 11 is 1.13. The third kappa shape index (κ3) is 4.66. The minimum absolute atomic E-state index is 0.0363. The number of anilines is 2. The highest BCUT2D eigenvalue weighted by molar-refractivity contribution is 7.17. The normalized spacial score (nSPS) is 11.4. The van der Waals surface area contributed by atoms with Crippen LogP contribution in [0.2, 0.25) is 0 Å². The topological polar surface area (TPSA) is 133 Å². The average Bonchev–Trinajstić information content (AvgIpc) is 3.34. The maximum Gasteiger partial charge on any atom is 0.381 e. The van der Waals surface area contributed by atoms with Crippen molar-refractivity contribution in [1.29, 1.82) is 0 Å². The second-order valence-electron chi connectivity index (χ2n) is 6.89. The number of amides is 1. The molecule has 30 heavy (non-hydrogen) atoms. The Balaban J connectivity index is 1.81. The van der Waals surface area contributed by atoms with Crippen molar-refractivity contribution < 1.29 is 18.7 Å². The van der Waals surface area contributed by atoms with Crippen molar-refractivity contribution >= 4 is 28.1 Å². The number of ether oxygens (including phenoxy) is 2. The van der Waals surface area contributed by atoms with E-state index in [9.17, 15) is 9.59 Å². The third-order valence-corrected chi connectivity index (χ3v) is 5.06. The maximum atomic E-state index is 12.6. The van der Waals surface area contributed by atoms with Gasteiger partial charge in [-0.3, -0.25) is 10.1 Å². The van der Waals surface area contributed by atoms with E-state index in [0.29, 0.717) is 17.4 Å². The van der Waals surface area contributed by atoms with Crippen LogP contribution in [0.5, 0.6) is 5.75 Å². The van der Waals surface area contributed by atoms with Crippen LogP contribution in [0.25, 0.3) is 5.13 Å². The average molecular weight is 434 g/mol. The van der Waals surface area contributed by atoms with Gasteiger partial charge in [-0.1, -0.05) is 11.3 Å². The first kappa shape index (κ1) is 21.5. The van der Waals surface area contributed by atoms with Gasteiger partial charge in [0, 0.05) is 31.6 Å². The summed E-state index contributed by atoms with van der Waals surface area (Å²) in [6, 6.07) is 3.21. The predicted octanol–water partition coefficient (Wildman–Crippen LogP) is 2.08. The van der Waals surface area contributed by atoms with E-state index in [1.807, 2.05) is 26.8 Å². The van der Waals surface area contributed by atoms with Crippen LogP contribution in [0.1, 0.15) is 30.1 Å². The number of hydrogen-bond donors (Lipinski definition) is 2. The molecule has 0 unspecified atom stereocenters. The van der Waals surface area contributed by atoms with Crippen LogP contribution >= 0.6 is 11.3 Å². The van der Waals surface area contributed by atoms with Crippen molar-refractivity contribution in [3.63, 3.8) is 0 Å². The quantitative estimate of drug-likeness (QED) is 0.546. The molecule has 0 spiro atoms. The zero-order valence-electron chi connectivity index (χ0n) is 17.2. The summed E-state index contributed by atoms with van der Waals surface area (Å²) in [6.45, 7) is 5.99. The number of nitrogens with one attached hydrogen (secondary N) is 2. The molecule has 0 radical (unpaired) electrons. The second-order valence-corrected chi connectivity index (χ2v) is 7.85. The molecule has 0 aliphatic rings. The molecule has 0 atom stereocenters. The van der Waals surface area contributed by atoms with Gasteiger partial charge in [-0.2, -0.15) is 5.10 Å². The lowest BCUT2D eigenvalue weighted by Crippen LogP contribution is -2.32. The van der Waals surface area contributed by atoms with E-state index in [4.69, 9.17) is 13.9 Å². The Morgan fingerprint density at radius 2 is 2.10 bits per heavy atom.